The second-order valence-corrected chi connectivity index (χ2v) is 5.53. The average Bonchev–Trinajstić information content (AvgIpc) is 2.42. The van der Waals surface area contributed by atoms with Gasteiger partial charge in [0.1, 0.15) is 6.10 Å². The summed E-state index contributed by atoms with van der Waals surface area (Å²) in [5.41, 5.74) is 3.11. The fourth-order valence-corrected chi connectivity index (χ4v) is 2.71. The van der Waals surface area contributed by atoms with Crippen LogP contribution in [0.4, 0.5) is 0 Å². The Balaban J connectivity index is 2.03. The van der Waals surface area contributed by atoms with Crippen molar-refractivity contribution in [2.75, 3.05) is 0 Å². The van der Waals surface area contributed by atoms with E-state index in [0.717, 1.165) is 29.7 Å². The van der Waals surface area contributed by atoms with Crippen molar-refractivity contribution in [3.63, 3.8) is 0 Å². The fourth-order valence-electron chi connectivity index (χ4n) is 2.71. The smallest absolute Gasteiger partial charge is 0.313 e. The molecule has 3 nitrogen and oxygen atoms in total. The number of rotatable bonds is 3. The van der Waals surface area contributed by atoms with Gasteiger partial charge in [-0.3, -0.25) is 9.78 Å². The molecule has 0 spiro atoms. The van der Waals surface area contributed by atoms with E-state index in [-0.39, 0.29) is 18.0 Å². The molecule has 1 aromatic rings. The lowest BCUT2D eigenvalue weighted by Crippen LogP contribution is -2.24. The number of aryl methyl sites for hydroxylation is 1. The van der Waals surface area contributed by atoms with Crippen molar-refractivity contribution < 1.29 is 9.53 Å². The maximum absolute atomic E-state index is 12.2. The Kier molecular flexibility index (Phi) is 4.56. The van der Waals surface area contributed by atoms with Crippen molar-refractivity contribution >= 4 is 5.97 Å². The van der Waals surface area contributed by atoms with E-state index in [9.17, 15) is 4.79 Å². The Morgan fingerprint density at radius 1 is 1.32 bits per heavy atom. The molecular weight excluding hydrogens is 238 g/mol. The molecule has 0 N–H and O–H groups in total. The van der Waals surface area contributed by atoms with Crippen LogP contribution in [0.3, 0.4) is 0 Å². The fraction of sp³-hybridized carbons (Fsp3) is 0.625. The number of nitrogens with zero attached hydrogens (tertiary/aromatic N) is 1. The highest BCUT2D eigenvalue weighted by Gasteiger charge is 2.24. The van der Waals surface area contributed by atoms with Gasteiger partial charge < -0.3 is 4.74 Å². The third kappa shape index (κ3) is 3.34. The molecule has 1 aliphatic rings. The van der Waals surface area contributed by atoms with Crippen LogP contribution in [0.25, 0.3) is 0 Å². The van der Waals surface area contributed by atoms with Gasteiger partial charge in [-0.05, 0) is 63.6 Å². The van der Waals surface area contributed by atoms with Crippen molar-refractivity contribution in [3.8, 4) is 0 Å². The zero-order chi connectivity index (χ0) is 13.8. The third-order valence-electron chi connectivity index (χ3n) is 4.15. The summed E-state index contributed by atoms with van der Waals surface area (Å²) < 4.78 is 5.64. The van der Waals surface area contributed by atoms with Gasteiger partial charge in [-0.1, -0.05) is 6.42 Å². The standard InChI is InChI=1S/C16H23NO2/c1-11-13(3)17-10-9-15(11)12(2)16(18)19-14-7-5-4-6-8-14/h9-10,12,14H,4-8H2,1-3H3. The van der Waals surface area contributed by atoms with Crippen LogP contribution in [-0.2, 0) is 9.53 Å². The van der Waals surface area contributed by atoms with Gasteiger partial charge in [0.05, 0.1) is 5.92 Å². The minimum atomic E-state index is -0.205. The molecule has 1 aliphatic carbocycles. The lowest BCUT2D eigenvalue weighted by molar-refractivity contribution is -0.151. The molecule has 2 rings (SSSR count). The third-order valence-corrected chi connectivity index (χ3v) is 4.15. The number of pyridine rings is 1. The summed E-state index contributed by atoms with van der Waals surface area (Å²) in [6.07, 6.45) is 7.57. The van der Waals surface area contributed by atoms with Crippen LogP contribution >= 0.6 is 0 Å². The highest BCUT2D eigenvalue weighted by atomic mass is 16.5. The molecule has 1 heterocycles. The first kappa shape index (κ1) is 14.0. The number of carbonyl (C=O) groups is 1. The van der Waals surface area contributed by atoms with Crippen molar-refractivity contribution in [1.82, 2.24) is 4.98 Å². The second-order valence-electron chi connectivity index (χ2n) is 5.53. The van der Waals surface area contributed by atoms with Crippen molar-refractivity contribution in [1.29, 1.82) is 0 Å². The Morgan fingerprint density at radius 2 is 2.00 bits per heavy atom. The van der Waals surface area contributed by atoms with Gasteiger partial charge in [-0.15, -0.1) is 0 Å². The summed E-state index contributed by atoms with van der Waals surface area (Å²) in [7, 11) is 0. The van der Waals surface area contributed by atoms with Gasteiger partial charge in [-0.2, -0.15) is 0 Å². The highest BCUT2D eigenvalue weighted by Crippen LogP contribution is 2.25. The number of esters is 1. The van der Waals surface area contributed by atoms with E-state index in [1.54, 1.807) is 6.20 Å². The lowest BCUT2D eigenvalue weighted by atomic mass is 9.95. The van der Waals surface area contributed by atoms with Crippen LogP contribution in [0.5, 0.6) is 0 Å². The summed E-state index contributed by atoms with van der Waals surface area (Å²) in [5, 5.41) is 0. The number of hydrogen-bond acceptors (Lipinski definition) is 3. The second kappa shape index (κ2) is 6.18. The van der Waals surface area contributed by atoms with Crippen molar-refractivity contribution in [2.24, 2.45) is 0 Å². The molecule has 1 aromatic heterocycles. The first-order valence-electron chi connectivity index (χ1n) is 7.22. The van der Waals surface area contributed by atoms with Crippen LogP contribution in [0, 0.1) is 13.8 Å². The van der Waals surface area contributed by atoms with Crippen molar-refractivity contribution in [2.45, 2.75) is 64.9 Å². The molecule has 0 aromatic carbocycles. The van der Waals surface area contributed by atoms with Gasteiger partial charge in [0, 0.05) is 11.9 Å². The predicted octanol–water partition coefficient (Wildman–Crippen LogP) is 3.68. The van der Waals surface area contributed by atoms with E-state index in [2.05, 4.69) is 4.98 Å². The monoisotopic (exact) mass is 261 g/mol. The molecular formula is C16H23NO2. The minimum Gasteiger partial charge on any atom is -0.462 e. The van der Waals surface area contributed by atoms with E-state index >= 15 is 0 Å². The molecule has 104 valence electrons. The van der Waals surface area contributed by atoms with E-state index in [0.29, 0.717) is 0 Å². The molecule has 1 saturated carbocycles. The SMILES string of the molecule is Cc1nccc(C(C)C(=O)OC2CCCCC2)c1C. The zero-order valence-electron chi connectivity index (χ0n) is 12.1. The van der Waals surface area contributed by atoms with Crippen LogP contribution in [0.15, 0.2) is 12.3 Å². The first-order valence-corrected chi connectivity index (χ1v) is 7.22. The van der Waals surface area contributed by atoms with Gasteiger partial charge in [0.2, 0.25) is 0 Å². The highest BCUT2D eigenvalue weighted by molar-refractivity contribution is 5.78. The molecule has 0 saturated heterocycles. The Labute approximate surface area is 115 Å². The Hall–Kier alpha value is -1.38. The first-order chi connectivity index (χ1) is 9.09. The van der Waals surface area contributed by atoms with Crippen LogP contribution in [-0.4, -0.2) is 17.1 Å². The largest absolute Gasteiger partial charge is 0.462 e. The summed E-state index contributed by atoms with van der Waals surface area (Å²) in [6.45, 7) is 5.91. The molecule has 0 amide bonds. The molecule has 1 atom stereocenters. The summed E-state index contributed by atoms with van der Waals surface area (Å²) >= 11 is 0. The van der Waals surface area contributed by atoms with E-state index in [4.69, 9.17) is 4.74 Å². The topological polar surface area (TPSA) is 39.2 Å². The van der Waals surface area contributed by atoms with Crippen LogP contribution in [0.1, 0.15) is 61.8 Å². The quantitative estimate of drug-likeness (QED) is 0.779. The van der Waals surface area contributed by atoms with Gasteiger partial charge >= 0.3 is 5.97 Å². The molecule has 1 unspecified atom stereocenters. The van der Waals surface area contributed by atoms with E-state index < -0.39 is 0 Å². The van der Waals surface area contributed by atoms with E-state index in [1.165, 1.54) is 19.3 Å². The summed E-state index contributed by atoms with van der Waals surface area (Å²) in [6, 6.07) is 1.93. The average molecular weight is 261 g/mol. The van der Waals surface area contributed by atoms with Crippen LogP contribution in [0.2, 0.25) is 0 Å². The molecule has 19 heavy (non-hydrogen) atoms. The number of carbonyl (C=O) groups excluding carboxylic acids is 1. The maximum Gasteiger partial charge on any atom is 0.313 e. The van der Waals surface area contributed by atoms with Crippen LogP contribution < -0.4 is 0 Å². The number of aromatic nitrogens is 1. The Morgan fingerprint density at radius 3 is 2.68 bits per heavy atom. The predicted molar refractivity (Wildman–Crippen MR) is 75.1 cm³/mol. The lowest BCUT2D eigenvalue weighted by Gasteiger charge is -2.24. The summed E-state index contributed by atoms with van der Waals surface area (Å²) in [4.78, 5) is 16.5. The summed E-state index contributed by atoms with van der Waals surface area (Å²) in [5.74, 6) is -0.302. The zero-order valence-corrected chi connectivity index (χ0v) is 12.1. The molecule has 1 fully saturated rings. The van der Waals surface area contributed by atoms with Gasteiger partial charge in [0.15, 0.2) is 0 Å². The number of ether oxygens (including phenoxy) is 1. The molecule has 0 aliphatic heterocycles. The maximum atomic E-state index is 12.2. The molecule has 0 bridgehead atoms. The van der Waals surface area contributed by atoms with Crippen molar-refractivity contribution in [3.05, 3.63) is 29.1 Å². The van der Waals surface area contributed by atoms with Gasteiger partial charge in [0.25, 0.3) is 0 Å². The number of hydrogen-bond donors (Lipinski definition) is 0. The normalized spacial score (nSPS) is 18.1. The molecule has 3 heteroatoms. The Bertz CT molecular complexity index is 450. The minimum absolute atomic E-state index is 0.0967. The van der Waals surface area contributed by atoms with Gasteiger partial charge in [-0.25, -0.2) is 0 Å². The van der Waals surface area contributed by atoms with E-state index in [1.807, 2.05) is 26.8 Å². The molecule has 0 radical (unpaired) electrons.